The van der Waals surface area contributed by atoms with E-state index in [4.69, 9.17) is 0 Å². The summed E-state index contributed by atoms with van der Waals surface area (Å²) in [5, 5.41) is 5.79. The lowest BCUT2D eigenvalue weighted by molar-refractivity contribution is -0.117. The third-order valence-electron chi connectivity index (χ3n) is 3.73. The number of imidazole rings is 1. The fraction of sp³-hybridized carbons (Fsp3) is 0.500. The van der Waals surface area contributed by atoms with E-state index in [1.54, 1.807) is 0 Å². The maximum atomic E-state index is 11.9. The van der Waals surface area contributed by atoms with E-state index in [1.807, 2.05) is 25.1 Å². The van der Waals surface area contributed by atoms with Gasteiger partial charge >= 0.3 is 6.03 Å². The van der Waals surface area contributed by atoms with E-state index in [1.165, 1.54) is 11.8 Å². The summed E-state index contributed by atoms with van der Waals surface area (Å²) < 4.78 is 2.17. The Hall–Kier alpha value is -2.02. The van der Waals surface area contributed by atoms with Crippen LogP contribution in [-0.4, -0.2) is 33.8 Å². The minimum Gasteiger partial charge on any atom is -0.338 e. The lowest BCUT2D eigenvalue weighted by Crippen LogP contribution is -2.40. The molecule has 0 saturated heterocycles. The number of aromatic nitrogens is 2. The number of nitrogens with zero attached hydrogens (tertiary/aromatic N) is 2. The van der Waals surface area contributed by atoms with E-state index in [-0.39, 0.29) is 11.7 Å². The van der Waals surface area contributed by atoms with Crippen molar-refractivity contribution in [3.05, 3.63) is 24.3 Å². The van der Waals surface area contributed by atoms with Gasteiger partial charge < -0.3 is 9.88 Å². The summed E-state index contributed by atoms with van der Waals surface area (Å²) in [6.07, 6.45) is 4.23. The molecule has 136 valence electrons. The van der Waals surface area contributed by atoms with Crippen molar-refractivity contribution in [2.75, 3.05) is 12.3 Å². The van der Waals surface area contributed by atoms with Gasteiger partial charge in [-0.2, -0.15) is 0 Å². The molecule has 0 spiro atoms. The van der Waals surface area contributed by atoms with Crippen LogP contribution in [0.5, 0.6) is 0 Å². The highest BCUT2D eigenvalue weighted by atomic mass is 32.2. The molecule has 0 radical (unpaired) electrons. The number of rotatable bonds is 9. The monoisotopic (exact) mass is 362 g/mol. The second-order valence-corrected chi connectivity index (χ2v) is 6.78. The molecule has 3 amide bonds. The first-order valence-corrected chi connectivity index (χ1v) is 9.80. The number of imide groups is 1. The van der Waals surface area contributed by atoms with Crippen molar-refractivity contribution >= 4 is 34.7 Å². The maximum Gasteiger partial charge on any atom is 0.321 e. The number of urea groups is 1. The van der Waals surface area contributed by atoms with E-state index >= 15 is 0 Å². The van der Waals surface area contributed by atoms with Gasteiger partial charge in [0.1, 0.15) is 0 Å². The number of carbonyl (C=O) groups excluding carboxylic acids is 2. The minimum atomic E-state index is -0.441. The molecule has 1 aromatic carbocycles. The molecule has 0 atom stereocenters. The van der Waals surface area contributed by atoms with Crippen LogP contribution in [-0.2, 0) is 11.3 Å². The molecule has 2 N–H and O–H groups in total. The largest absolute Gasteiger partial charge is 0.338 e. The normalized spacial score (nSPS) is 10.8. The number of hydrogen-bond acceptors (Lipinski definition) is 4. The van der Waals surface area contributed by atoms with Crippen LogP contribution < -0.4 is 10.6 Å². The van der Waals surface area contributed by atoms with E-state index in [0.29, 0.717) is 6.54 Å². The molecule has 2 rings (SSSR count). The number of amides is 3. The summed E-state index contributed by atoms with van der Waals surface area (Å²) in [6.45, 7) is 5.57. The van der Waals surface area contributed by atoms with Crippen LogP contribution in [0.4, 0.5) is 4.79 Å². The van der Waals surface area contributed by atoms with Gasteiger partial charge in [0, 0.05) is 13.1 Å². The van der Waals surface area contributed by atoms with E-state index in [2.05, 4.69) is 33.2 Å². The van der Waals surface area contributed by atoms with Gasteiger partial charge in [-0.15, -0.1) is 0 Å². The van der Waals surface area contributed by atoms with Gasteiger partial charge in [0.2, 0.25) is 5.91 Å². The van der Waals surface area contributed by atoms with Gasteiger partial charge in [-0.05, 0) is 25.0 Å². The molecule has 0 bridgehead atoms. The predicted molar refractivity (Wildman–Crippen MR) is 102 cm³/mol. The third kappa shape index (κ3) is 5.77. The second-order valence-electron chi connectivity index (χ2n) is 5.83. The standard InChI is InChI=1S/C18H26N4O2S/c1-3-5-8-12-22-15-10-7-6-9-14(15)20-18(22)25-13-16(23)21-17(24)19-11-4-2/h6-7,9-10H,3-5,8,11-13H2,1-2H3,(H2,19,21,23,24). The van der Waals surface area contributed by atoms with Crippen LogP contribution >= 0.6 is 11.8 Å². The zero-order valence-electron chi connectivity index (χ0n) is 14.9. The molecule has 0 aliphatic carbocycles. The van der Waals surface area contributed by atoms with Crippen LogP contribution in [0.1, 0.15) is 39.5 Å². The molecule has 1 aromatic heterocycles. The Kier molecular flexibility index (Phi) is 7.78. The number of carbonyl (C=O) groups is 2. The smallest absolute Gasteiger partial charge is 0.321 e. The molecule has 0 fully saturated rings. The Labute approximate surface area is 152 Å². The quantitative estimate of drug-likeness (QED) is 0.528. The number of thioether (sulfide) groups is 1. The molecular weight excluding hydrogens is 336 g/mol. The number of para-hydroxylation sites is 2. The lowest BCUT2D eigenvalue weighted by atomic mass is 10.2. The van der Waals surface area contributed by atoms with Crippen LogP contribution in [0, 0.1) is 0 Å². The Morgan fingerprint density at radius 3 is 2.72 bits per heavy atom. The van der Waals surface area contributed by atoms with E-state index in [9.17, 15) is 9.59 Å². The topological polar surface area (TPSA) is 76.0 Å². The van der Waals surface area contributed by atoms with Crippen molar-refractivity contribution in [1.82, 2.24) is 20.2 Å². The second kappa shape index (κ2) is 10.1. The molecule has 0 aliphatic rings. The van der Waals surface area contributed by atoms with Crippen LogP contribution in [0.3, 0.4) is 0 Å². The number of unbranched alkanes of at least 4 members (excludes halogenated alkanes) is 2. The van der Waals surface area contributed by atoms with Gasteiger partial charge in [0.15, 0.2) is 5.16 Å². The van der Waals surface area contributed by atoms with Crippen LogP contribution in [0.2, 0.25) is 0 Å². The summed E-state index contributed by atoms with van der Waals surface area (Å²) >= 11 is 1.36. The summed E-state index contributed by atoms with van der Waals surface area (Å²) in [4.78, 5) is 28.1. The van der Waals surface area contributed by atoms with Crippen LogP contribution in [0.25, 0.3) is 11.0 Å². The van der Waals surface area contributed by atoms with Gasteiger partial charge in [-0.3, -0.25) is 10.1 Å². The molecule has 6 nitrogen and oxygen atoms in total. The summed E-state index contributed by atoms with van der Waals surface area (Å²) in [5.41, 5.74) is 2.02. The average molecular weight is 362 g/mol. The Morgan fingerprint density at radius 2 is 1.96 bits per heavy atom. The molecule has 0 aliphatic heterocycles. The zero-order chi connectivity index (χ0) is 18.1. The molecule has 0 unspecified atom stereocenters. The molecule has 25 heavy (non-hydrogen) atoms. The fourth-order valence-corrected chi connectivity index (χ4v) is 3.32. The Morgan fingerprint density at radius 1 is 1.16 bits per heavy atom. The number of aryl methyl sites for hydroxylation is 1. The molecule has 2 aromatic rings. The Balaban J connectivity index is 2.00. The molecule has 1 heterocycles. The zero-order valence-corrected chi connectivity index (χ0v) is 15.7. The number of fused-ring (bicyclic) bond motifs is 1. The number of nitrogens with one attached hydrogen (secondary N) is 2. The highest BCUT2D eigenvalue weighted by Crippen LogP contribution is 2.24. The van der Waals surface area contributed by atoms with E-state index in [0.717, 1.165) is 48.4 Å². The van der Waals surface area contributed by atoms with Gasteiger partial charge in [-0.25, -0.2) is 9.78 Å². The first-order valence-electron chi connectivity index (χ1n) is 8.81. The number of hydrogen-bond donors (Lipinski definition) is 2. The lowest BCUT2D eigenvalue weighted by Gasteiger charge is -2.09. The van der Waals surface area contributed by atoms with E-state index < -0.39 is 6.03 Å². The fourth-order valence-electron chi connectivity index (χ4n) is 2.48. The highest BCUT2D eigenvalue weighted by Gasteiger charge is 2.13. The molecule has 7 heteroatoms. The van der Waals surface area contributed by atoms with Gasteiger partial charge in [-0.1, -0.05) is 50.6 Å². The Bertz CT molecular complexity index is 714. The first-order chi connectivity index (χ1) is 12.2. The predicted octanol–water partition coefficient (Wildman–Crippen LogP) is 3.55. The van der Waals surface area contributed by atoms with Crippen molar-refractivity contribution < 1.29 is 9.59 Å². The minimum absolute atomic E-state index is 0.163. The summed E-state index contributed by atoms with van der Waals surface area (Å²) in [7, 11) is 0. The summed E-state index contributed by atoms with van der Waals surface area (Å²) in [5.74, 6) is -0.151. The summed E-state index contributed by atoms with van der Waals surface area (Å²) in [6, 6.07) is 7.55. The van der Waals surface area contributed by atoms with Crippen molar-refractivity contribution in [2.45, 2.75) is 51.2 Å². The van der Waals surface area contributed by atoms with Gasteiger partial charge in [0.05, 0.1) is 16.8 Å². The molecule has 0 saturated carbocycles. The third-order valence-corrected chi connectivity index (χ3v) is 4.70. The van der Waals surface area contributed by atoms with Crippen molar-refractivity contribution in [3.63, 3.8) is 0 Å². The van der Waals surface area contributed by atoms with Crippen molar-refractivity contribution in [1.29, 1.82) is 0 Å². The number of benzene rings is 1. The average Bonchev–Trinajstić information content (AvgIpc) is 2.96. The van der Waals surface area contributed by atoms with Crippen molar-refractivity contribution in [3.8, 4) is 0 Å². The van der Waals surface area contributed by atoms with Crippen LogP contribution in [0.15, 0.2) is 29.4 Å². The maximum absolute atomic E-state index is 11.9. The van der Waals surface area contributed by atoms with Gasteiger partial charge in [0.25, 0.3) is 0 Å². The van der Waals surface area contributed by atoms with Crippen molar-refractivity contribution in [2.24, 2.45) is 0 Å². The SMILES string of the molecule is CCCCCn1c(SCC(=O)NC(=O)NCCC)nc2ccccc21. The highest BCUT2D eigenvalue weighted by molar-refractivity contribution is 7.99. The first kappa shape index (κ1) is 19.3. The molecular formula is C18H26N4O2S.